The SMILES string of the molecule is C[C@H](OC[C@H](O)CNCCCO)c1ccc(Cl)cc1. The summed E-state index contributed by atoms with van der Waals surface area (Å²) in [6.45, 7) is 3.53. The summed E-state index contributed by atoms with van der Waals surface area (Å²) < 4.78 is 5.60. The van der Waals surface area contributed by atoms with E-state index in [9.17, 15) is 5.11 Å². The molecule has 0 aliphatic rings. The van der Waals surface area contributed by atoms with Crippen molar-refractivity contribution in [1.82, 2.24) is 5.32 Å². The van der Waals surface area contributed by atoms with Crippen LogP contribution in [0.2, 0.25) is 5.02 Å². The second-order valence-corrected chi connectivity index (χ2v) is 4.90. The second-order valence-electron chi connectivity index (χ2n) is 4.46. The average molecular weight is 288 g/mol. The first-order valence-electron chi connectivity index (χ1n) is 6.50. The molecule has 0 aliphatic carbocycles. The van der Waals surface area contributed by atoms with Gasteiger partial charge in [0.25, 0.3) is 0 Å². The molecule has 1 rings (SSSR count). The fraction of sp³-hybridized carbons (Fsp3) is 0.571. The highest BCUT2D eigenvalue weighted by Gasteiger charge is 2.09. The minimum absolute atomic E-state index is 0.0793. The molecule has 1 aromatic rings. The van der Waals surface area contributed by atoms with Gasteiger partial charge in [0, 0.05) is 18.2 Å². The van der Waals surface area contributed by atoms with E-state index in [2.05, 4.69) is 5.32 Å². The van der Waals surface area contributed by atoms with Gasteiger partial charge in [-0.2, -0.15) is 0 Å². The molecule has 0 bridgehead atoms. The first-order chi connectivity index (χ1) is 9.13. The second kappa shape index (κ2) is 9.28. The predicted octanol–water partition coefficient (Wildman–Crippen LogP) is 1.75. The quantitative estimate of drug-likeness (QED) is 0.606. The van der Waals surface area contributed by atoms with Crippen molar-refractivity contribution in [2.45, 2.75) is 25.6 Å². The summed E-state index contributed by atoms with van der Waals surface area (Å²) in [7, 11) is 0. The number of ether oxygens (including phenoxy) is 1. The van der Waals surface area contributed by atoms with Gasteiger partial charge in [-0.15, -0.1) is 0 Å². The van der Waals surface area contributed by atoms with Gasteiger partial charge in [-0.25, -0.2) is 0 Å². The molecule has 0 amide bonds. The molecule has 0 saturated heterocycles. The lowest BCUT2D eigenvalue weighted by Gasteiger charge is -2.17. The van der Waals surface area contributed by atoms with Crippen molar-refractivity contribution in [3.8, 4) is 0 Å². The van der Waals surface area contributed by atoms with E-state index in [0.29, 0.717) is 24.5 Å². The molecule has 0 heterocycles. The lowest BCUT2D eigenvalue weighted by atomic mass is 10.1. The van der Waals surface area contributed by atoms with E-state index in [-0.39, 0.29) is 19.3 Å². The molecule has 19 heavy (non-hydrogen) atoms. The van der Waals surface area contributed by atoms with Gasteiger partial charge in [0.1, 0.15) is 0 Å². The van der Waals surface area contributed by atoms with Gasteiger partial charge in [0.15, 0.2) is 0 Å². The Bertz CT molecular complexity index is 345. The summed E-state index contributed by atoms with van der Waals surface area (Å²) >= 11 is 5.82. The largest absolute Gasteiger partial charge is 0.396 e. The van der Waals surface area contributed by atoms with E-state index < -0.39 is 6.10 Å². The highest BCUT2D eigenvalue weighted by Crippen LogP contribution is 2.19. The van der Waals surface area contributed by atoms with Gasteiger partial charge >= 0.3 is 0 Å². The highest BCUT2D eigenvalue weighted by atomic mass is 35.5. The molecule has 1 aromatic carbocycles. The summed E-state index contributed by atoms with van der Waals surface area (Å²) in [6.07, 6.45) is 0.0622. The number of halogens is 1. The molecule has 0 aliphatic heterocycles. The van der Waals surface area contributed by atoms with E-state index in [4.69, 9.17) is 21.4 Å². The summed E-state index contributed by atoms with van der Waals surface area (Å²) in [4.78, 5) is 0. The fourth-order valence-corrected chi connectivity index (χ4v) is 1.74. The molecule has 0 radical (unpaired) electrons. The van der Waals surface area contributed by atoms with Crippen LogP contribution in [0, 0.1) is 0 Å². The first-order valence-corrected chi connectivity index (χ1v) is 6.88. The number of hydrogen-bond donors (Lipinski definition) is 3. The van der Waals surface area contributed by atoms with Crippen molar-refractivity contribution < 1.29 is 14.9 Å². The average Bonchev–Trinajstić information content (AvgIpc) is 2.42. The van der Waals surface area contributed by atoms with Crippen molar-refractivity contribution >= 4 is 11.6 Å². The maximum absolute atomic E-state index is 9.72. The summed E-state index contributed by atoms with van der Waals surface area (Å²) in [5.41, 5.74) is 1.03. The lowest BCUT2D eigenvalue weighted by Crippen LogP contribution is -2.31. The molecule has 0 saturated carbocycles. The van der Waals surface area contributed by atoms with E-state index >= 15 is 0 Å². The molecule has 0 spiro atoms. The van der Waals surface area contributed by atoms with Gasteiger partial charge < -0.3 is 20.3 Å². The van der Waals surface area contributed by atoms with Gasteiger partial charge in [0.2, 0.25) is 0 Å². The van der Waals surface area contributed by atoms with Gasteiger partial charge in [-0.1, -0.05) is 23.7 Å². The lowest BCUT2D eigenvalue weighted by molar-refractivity contribution is -0.00203. The topological polar surface area (TPSA) is 61.7 Å². The van der Waals surface area contributed by atoms with Crippen LogP contribution in [0.15, 0.2) is 24.3 Å². The maximum Gasteiger partial charge on any atom is 0.0897 e. The van der Waals surface area contributed by atoms with Crippen LogP contribution in [0.5, 0.6) is 0 Å². The summed E-state index contributed by atoms with van der Waals surface area (Å²) in [5.74, 6) is 0. The number of nitrogens with one attached hydrogen (secondary N) is 1. The monoisotopic (exact) mass is 287 g/mol. The van der Waals surface area contributed by atoms with E-state index in [1.807, 2.05) is 31.2 Å². The Kier molecular flexibility index (Phi) is 8.02. The van der Waals surface area contributed by atoms with Crippen molar-refractivity contribution in [1.29, 1.82) is 0 Å². The molecule has 5 heteroatoms. The molecule has 3 N–H and O–H groups in total. The van der Waals surface area contributed by atoms with Crippen LogP contribution in [-0.2, 0) is 4.74 Å². The van der Waals surface area contributed by atoms with Crippen LogP contribution < -0.4 is 5.32 Å². The van der Waals surface area contributed by atoms with Crippen molar-refractivity contribution in [3.63, 3.8) is 0 Å². The Morgan fingerprint density at radius 2 is 2.00 bits per heavy atom. The highest BCUT2D eigenvalue weighted by molar-refractivity contribution is 6.30. The van der Waals surface area contributed by atoms with Crippen LogP contribution in [0.1, 0.15) is 25.0 Å². The van der Waals surface area contributed by atoms with Crippen molar-refractivity contribution in [2.75, 3.05) is 26.3 Å². The van der Waals surface area contributed by atoms with Gasteiger partial charge in [0.05, 0.1) is 18.8 Å². The molecular formula is C14H22ClNO3. The standard InChI is InChI=1S/C14H22ClNO3/c1-11(12-3-5-13(15)6-4-12)19-10-14(18)9-16-7-2-8-17/h3-6,11,14,16-18H,2,7-10H2,1H3/t11-,14+/m0/s1. The molecule has 0 fully saturated rings. The third-order valence-corrected chi connectivity index (χ3v) is 3.02. The van der Waals surface area contributed by atoms with Crippen LogP contribution in [0.3, 0.4) is 0 Å². The molecule has 2 atom stereocenters. The van der Waals surface area contributed by atoms with Crippen molar-refractivity contribution in [2.24, 2.45) is 0 Å². The molecular weight excluding hydrogens is 266 g/mol. The van der Waals surface area contributed by atoms with Crippen LogP contribution in [0.25, 0.3) is 0 Å². The predicted molar refractivity (Wildman–Crippen MR) is 76.4 cm³/mol. The summed E-state index contributed by atoms with van der Waals surface area (Å²) in [6, 6.07) is 7.48. The van der Waals surface area contributed by atoms with E-state index in [1.54, 1.807) is 0 Å². The third kappa shape index (κ3) is 6.89. The van der Waals surface area contributed by atoms with Crippen LogP contribution in [0.4, 0.5) is 0 Å². The van der Waals surface area contributed by atoms with Gasteiger partial charge in [-0.3, -0.25) is 0 Å². The minimum atomic E-state index is -0.548. The Balaban J connectivity index is 2.22. The third-order valence-electron chi connectivity index (χ3n) is 2.77. The normalized spacial score (nSPS) is 14.3. The summed E-state index contributed by atoms with van der Waals surface area (Å²) in [5, 5.41) is 22.1. The number of rotatable bonds is 9. The first kappa shape index (κ1) is 16.4. The van der Waals surface area contributed by atoms with Crippen molar-refractivity contribution in [3.05, 3.63) is 34.9 Å². The zero-order valence-corrected chi connectivity index (χ0v) is 11.9. The van der Waals surface area contributed by atoms with E-state index in [0.717, 1.165) is 5.56 Å². The Morgan fingerprint density at radius 3 is 2.63 bits per heavy atom. The smallest absolute Gasteiger partial charge is 0.0897 e. The molecule has 4 nitrogen and oxygen atoms in total. The number of benzene rings is 1. The number of aliphatic hydroxyl groups excluding tert-OH is 2. The fourth-order valence-electron chi connectivity index (χ4n) is 1.62. The minimum Gasteiger partial charge on any atom is -0.396 e. The van der Waals surface area contributed by atoms with Crippen LogP contribution >= 0.6 is 11.6 Å². The Labute approximate surface area is 119 Å². The number of hydrogen-bond acceptors (Lipinski definition) is 4. The molecule has 108 valence electrons. The van der Waals surface area contributed by atoms with Gasteiger partial charge in [-0.05, 0) is 37.6 Å². The molecule has 0 unspecified atom stereocenters. The zero-order chi connectivity index (χ0) is 14.1. The molecule has 0 aromatic heterocycles. The maximum atomic E-state index is 9.72. The van der Waals surface area contributed by atoms with Crippen LogP contribution in [-0.4, -0.2) is 42.6 Å². The Hall–Kier alpha value is -0.650. The zero-order valence-electron chi connectivity index (χ0n) is 11.2. The van der Waals surface area contributed by atoms with E-state index in [1.165, 1.54) is 0 Å². The number of aliphatic hydroxyl groups is 2. The Morgan fingerprint density at radius 1 is 1.32 bits per heavy atom.